The molecule has 1 fully saturated rings. The lowest BCUT2D eigenvalue weighted by Crippen LogP contribution is -2.36. The Balaban J connectivity index is 1.46. The van der Waals surface area contributed by atoms with Crippen molar-refractivity contribution in [1.29, 1.82) is 0 Å². The summed E-state index contributed by atoms with van der Waals surface area (Å²) < 4.78 is 24.0. The predicted octanol–water partition coefficient (Wildman–Crippen LogP) is 3.10. The molecule has 1 aromatic carbocycles. The van der Waals surface area contributed by atoms with Gasteiger partial charge >= 0.3 is 0 Å². The number of benzene rings is 1. The van der Waals surface area contributed by atoms with Gasteiger partial charge in [0.15, 0.2) is 11.6 Å². The van der Waals surface area contributed by atoms with E-state index in [2.05, 4.69) is 4.90 Å². The van der Waals surface area contributed by atoms with Crippen molar-refractivity contribution in [3.05, 3.63) is 30.1 Å². The molecule has 0 atom stereocenters. The van der Waals surface area contributed by atoms with Crippen LogP contribution in [0.1, 0.15) is 25.7 Å². The number of morpholine rings is 1. The number of halogens is 1. The number of ether oxygens (including phenoxy) is 2. The molecule has 0 unspecified atom stereocenters. The Morgan fingerprint density at radius 2 is 1.80 bits per heavy atom. The van der Waals surface area contributed by atoms with E-state index in [0.717, 1.165) is 45.7 Å². The topological polar surface area (TPSA) is 21.7 Å². The van der Waals surface area contributed by atoms with Crippen LogP contribution < -0.4 is 4.74 Å². The molecule has 112 valence electrons. The maximum Gasteiger partial charge on any atom is 0.165 e. The van der Waals surface area contributed by atoms with Gasteiger partial charge in [-0.15, -0.1) is 0 Å². The van der Waals surface area contributed by atoms with Crippen LogP contribution in [0.4, 0.5) is 4.39 Å². The molecule has 2 rings (SSSR count). The molecule has 1 heterocycles. The normalized spacial score (nSPS) is 16.2. The van der Waals surface area contributed by atoms with Crippen molar-refractivity contribution in [2.45, 2.75) is 25.7 Å². The summed E-state index contributed by atoms with van der Waals surface area (Å²) in [6.07, 6.45) is 4.55. The summed E-state index contributed by atoms with van der Waals surface area (Å²) >= 11 is 0. The van der Waals surface area contributed by atoms with E-state index in [9.17, 15) is 4.39 Å². The molecule has 0 aliphatic carbocycles. The summed E-state index contributed by atoms with van der Waals surface area (Å²) in [6, 6.07) is 6.57. The van der Waals surface area contributed by atoms with Gasteiger partial charge in [-0.05, 0) is 31.5 Å². The molecule has 1 aliphatic heterocycles. The van der Waals surface area contributed by atoms with E-state index < -0.39 is 0 Å². The highest BCUT2D eigenvalue weighted by molar-refractivity contribution is 5.23. The number of hydrogen-bond acceptors (Lipinski definition) is 3. The zero-order valence-electron chi connectivity index (χ0n) is 12.0. The second-order valence-corrected chi connectivity index (χ2v) is 5.15. The fraction of sp³-hybridized carbons (Fsp3) is 0.625. The van der Waals surface area contributed by atoms with Crippen molar-refractivity contribution in [1.82, 2.24) is 4.90 Å². The summed E-state index contributed by atoms with van der Waals surface area (Å²) in [5, 5.41) is 0. The Morgan fingerprint density at radius 3 is 2.60 bits per heavy atom. The standard InChI is InChI=1S/C16H24FNO2/c17-15-7-3-4-8-16(15)20-12-6-2-1-5-9-18-10-13-19-14-11-18/h3-4,7-8H,1-2,5-6,9-14H2. The van der Waals surface area contributed by atoms with Crippen LogP contribution in [0.2, 0.25) is 0 Å². The molecule has 0 saturated carbocycles. The lowest BCUT2D eigenvalue weighted by molar-refractivity contribution is 0.0371. The average Bonchev–Trinajstić information content (AvgIpc) is 2.49. The van der Waals surface area contributed by atoms with Gasteiger partial charge < -0.3 is 9.47 Å². The Kier molecular flexibility index (Phi) is 6.81. The minimum Gasteiger partial charge on any atom is -0.491 e. The summed E-state index contributed by atoms with van der Waals surface area (Å²) in [6.45, 7) is 5.63. The van der Waals surface area contributed by atoms with Gasteiger partial charge in [0.25, 0.3) is 0 Å². The van der Waals surface area contributed by atoms with Crippen LogP contribution >= 0.6 is 0 Å². The van der Waals surface area contributed by atoms with Gasteiger partial charge in [0, 0.05) is 13.1 Å². The van der Waals surface area contributed by atoms with Crippen molar-refractivity contribution in [2.75, 3.05) is 39.5 Å². The molecule has 3 nitrogen and oxygen atoms in total. The second kappa shape index (κ2) is 8.93. The third kappa shape index (κ3) is 5.47. The Hall–Kier alpha value is -1.13. The summed E-state index contributed by atoms with van der Waals surface area (Å²) in [5.74, 6) is 0.0839. The zero-order chi connectivity index (χ0) is 14.0. The molecule has 0 radical (unpaired) electrons. The van der Waals surface area contributed by atoms with Gasteiger partial charge in [0.05, 0.1) is 19.8 Å². The van der Waals surface area contributed by atoms with E-state index in [-0.39, 0.29) is 5.82 Å². The highest BCUT2D eigenvalue weighted by Crippen LogP contribution is 2.15. The molecular formula is C16H24FNO2. The van der Waals surface area contributed by atoms with Gasteiger partial charge in [0.1, 0.15) is 0 Å². The third-order valence-corrected chi connectivity index (χ3v) is 3.57. The van der Waals surface area contributed by atoms with Crippen molar-refractivity contribution < 1.29 is 13.9 Å². The first-order valence-corrected chi connectivity index (χ1v) is 7.54. The lowest BCUT2D eigenvalue weighted by Gasteiger charge is -2.26. The molecule has 1 aliphatic rings. The van der Waals surface area contributed by atoms with Crippen LogP contribution in [-0.4, -0.2) is 44.4 Å². The Labute approximate surface area is 120 Å². The van der Waals surface area contributed by atoms with Crippen LogP contribution in [0, 0.1) is 5.82 Å². The molecule has 1 aromatic rings. The molecule has 0 N–H and O–H groups in total. The molecule has 0 amide bonds. The van der Waals surface area contributed by atoms with E-state index in [1.807, 2.05) is 0 Å². The first-order valence-electron chi connectivity index (χ1n) is 7.54. The van der Waals surface area contributed by atoms with Crippen LogP contribution in [0.15, 0.2) is 24.3 Å². The molecule has 0 spiro atoms. The molecule has 1 saturated heterocycles. The van der Waals surface area contributed by atoms with Crippen LogP contribution in [0.3, 0.4) is 0 Å². The van der Waals surface area contributed by atoms with Gasteiger partial charge in [-0.2, -0.15) is 0 Å². The number of hydrogen-bond donors (Lipinski definition) is 0. The number of rotatable bonds is 8. The van der Waals surface area contributed by atoms with Crippen molar-refractivity contribution in [3.63, 3.8) is 0 Å². The minimum atomic E-state index is -0.278. The SMILES string of the molecule is Fc1ccccc1OCCCCCCN1CCOCC1. The maximum atomic E-state index is 13.3. The van der Waals surface area contributed by atoms with Crippen molar-refractivity contribution >= 4 is 0 Å². The molecule has 20 heavy (non-hydrogen) atoms. The number of nitrogens with zero attached hydrogens (tertiary/aromatic N) is 1. The zero-order valence-corrected chi connectivity index (χ0v) is 12.0. The summed E-state index contributed by atoms with van der Waals surface area (Å²) in [4.78, 5) is 2.46. The quantitative estimate of drug-likeness (QED) is 0.683. The van der Waals surface area contributed by atoms with Crippen LogP contribution in [0.25, 0.3) is 0 Å². The number of para-hydroxylation sites is 1. The smallest absolute Gasteiger partial charge is 0.165 e. The Morgan fingerprint density at radius 1 is 1.05 bits per heavy atom. The van der Waals surface area contributed by atoms with E-state index in [4.69, 9.17) is 9.47 Å². The fourth-order valence-corrected chi connectivity index (χ4v) is 2.36. The lowest BCUT2D eigenvalue weighted by atomic mass is 10.2. The van der Waals surface area contributed by atoms with E-state index >= 15 is 0 Å². The highest BCUT2D eigenvalue weighted by atomic mass is 19.1. The average molecular weight is 281 g/mol. The second-order valence-electron chi connectivity index (χ2n) is 5.15. The van der Waals surface area contributed by atoms with E-state index in [0.29, 0.717) is 12.4 Å². The van der Waals surface area contributed by atoms with Gasteiger partial charge in [-0.3, -0.25) is 4.90 Å². The molecular weight excluding hydrogens is 257 g/mol. The highest BCUT2D eigenvalue weighted by Gasteiger charge is 2.08. The Bertz CT molecular complexity index is 380. The maximum absolute atomic E-state index is 13.3. The van der Waals surface area contributed by atoms with Gasteiger partial charge in [0.2, 0.25) is 0 Å². The molecule has 0 aromatic heterocycles. The number of unbranched alkanes of at least 4 members (excludes halogenated alkanes) is 3. The minimum absolute atomic E-state index is 0.278. The summed E-state index contributed by atoms with van der Waals surface area (Å²) in [7, 11) is 0. The van der Waals surface area contributed by atoms with E-state index in [1.54, 1.807) is 18.2 Å². The van der Waals surface area contributed by atoms with Crippen molar-refractivity contribution in [3.8, 4) is 5.75 Å². The molecule has 4 heteroatoms. The van der Waals surface area contributed by atoms with Crippen LogP contribution in [-0.2, 0) is 4.74 Å². The van der Waals surface area contributed by atoms with E-state index in [1.165, 1.54) is 18.9 Å². The van der Waals surface area contributed by atoms with Crippen molar-refractivity contribution in [2.24, 2.45) is 0 Å². The first-order chi connectivity index (χ1) is 9.86. The van der Waals surface area contributed by atoms with Gasteiger partial charge in [-0.25, -0.2) is 4.39 Å². The predicted molar refractivity (Wildman–Crippen MR) is 77.6 cm³/mol. The van der Waals surface area contributed by atoms with Crippen LogP contribution in [0.5, 0.6) is 5.75 Å². The third-order valence-electron chi connectivity index (χ3n) is 3.57. The monoisotopic (exact) mass is 281 g/mol. The molecule has 0 bridgehead atoms. The first kappa shape index (κ1) is 15.3. The van der Waals surface area contributed by atoms with Gasteiger partial charge in [-0.1, -0.05) is 25.0 Å². The fourth-order valence-electron chi connectivity index (χ4n) is 2.36. The summed E-state index contributed by atoms with van der Waals surface area (Å²) in [5.41, 5.74) is 0. The largest absolute Gasteiger partial charge is 0.491 e.